The van der Waals surface area contributed by atoms with E-state index in [9.17, 15) is 0 Å². The van der Waals surface area contributed by atoms with Crippen LogP contribution < -0.4 is 38.2 Å². The van der Waals surface area contributed by atoms with E-state index in [1.54, 1.807) is 12.1 Å². The van der Waals surface area contributed by atoms with Gasteiger partial charge in [0.15, 0.2) is 11.6 Å². The molecule has 7 aromatic carbocycles. The standard InChI is InChI=1S/C45H22B7N5/c46-27-20-29-33-41-35(34-36(50)30(47)22-32(49)40(34)56(41)28-14-8-3-9-15-28)37(51)38(52)42(33)57(39(29)31(48)21-27)45-54-43(25-12-6-2-7-13-25)53-44(55-45)26-18-16-24(17-19-26)23-10-4-1-5-11-23/h1-22H. The summed E-state index contributed by atoms with van der Waals surface area (Å²) in [6.07, 6.45) is 0. The molecule has 0 aliphatic heterocycles. The van der Waals surface area contributed by atoms with Crippen molar-refractivity contribution >= 4 is 137 Å². The number of benzene rings is 7. The largest absolute Gasteiger partial charge is 0.309 e. The van der Waals surface area contributed by atoms with Crippen LogP contribution in [0.4, 0.5) is 0 Å². The first-order chi connectivity index (χ1) is 27.7. The third kappa shape index (κ3) is 5.45. The molecule has 3 heterocycles. The molecule has 0 aliphatic rings. The number of nitrogens with zero attached hydrogens (tertiary/aromatic N) is 5. The maximum absolute atomic E-state index is 7.21. The molecular formula is C45H22B7N5. The summed E-state index contributed by atoms with van der Waals surface area (Å²) in [6.45, 7) is 0. The normalized spacial score (nSPS) is 11.6. The van der Waals surface area contributed by atoms with Gasteiger partial charge in [0.25, 0.3) is 0 Å². The van der Waals surface area contributed by atoms with Crippen LogP contribution in [-0.4, -0.2) is 79.0 Å². The van der Waals surface area contributed by atoms with Crippen LogP contribution in [0.15, 0.2) is 133 Å². The summed E-state index contributed by atoms with van der Waals surface area (Å²) in [6, 6.07) is 43.1. The maximum Gasteiger partial charge on any atom is 0.238 e. The zero-order valence-corrected chi connectivity index (χ0v) is 30.5. The molecule has 0 bridgehead atoms. The topological polar surface area (TPSA) is 48.5 Å². The Labute approximate surface area is 338 Å². The Balaban J connectivity index is 1.37. The van der Waals surface area contributed by atoms with Crippen LogP contribution in [0.2, 0.25) is 0 Å². The molecule has 0 saturated carbocycles. The van der Waals surface area contributed by atoms with Crippen LogP contribution >= 0.6 is 0 Å². The molecule has 3 aromatic heterocycles. The van der Waals surface area contributed by atoms with Crippen molar-refractivity contribution < 1.29 is 0 Å². The SMILES string of the molecule is [B]c1cc([B])c2c(c1)c1c(c([B])c([B])c3c4c([B])c([B])cc([B])c4n(-c4ccccc4)c31)n2-c1nc(-c2ccccc2)nc(-c2ccc(-c3ccccc3)cc2)n1. The summed E-state index contributed by atoms with van der Waals surface area (Å²) in [5.41, 5.74) is 9.42. The van der Waals surface area contributed by atoms with Crippen LogP contribution in [0.5, 0.6) is 0 Å². The fourth-order valence-electron chi connectivity index (χ4n) is 8.08. The van der Waals surface area contributed by atoms with Gasteiger partial charge in [-0.3, -0.25) is 4.57 Å². The number of hydrogen-bond donors (Lipinski definition) is 0. The van der Waals surface area contributed by atoms with Crippen LogP contribution in [-0.2, 0) is 0 Å². The Morgan fingerprint density at radius 3 is 1.54 bits per heavy atom. The molecule has 5 nitrogen and oxygen atoms in total. The highest BCUT2D eigenvalue weighted by Gasteiger charge is 2.28. The van der Waals surface area contributed by atoms with E-state index >= 15 is 0 Å². The first kappa shape index (κ1) is 35.0. The van der Waals surface area contributed by atoms with Gasteiger partial charge in [-0.2, -0.15) is 9.97 Å². The van der Waals surface area contributed by atoms with E-state index in [1.807, 2.05) is 106 Å². The van der Waals surface area contributed by atoms with Gasteiger partial charge >= 0.3 is 0 Å². The fourth-order valence-corrected chi connectivity index (χ4v) is 8.08. The first-order valence-corrected chi connectivity index (χ1v) is 18.2. The lowest BCUT2D eigenvalue weighted by Crippen LogP contribution is -2.33. The molecule has 12 heteroatoms. The predicted octanol–water partition coefficient (Wildman–Crippen LogP) is 2.62. The Kier molecular flexibility index (Phi) is 8.22. The highest BCUT2D eigenvalue weighted by molar-refractivity contribution is 6.64. The van der Waals surface area contributed by atoms with Crippen molar-refractivity contribution in [3.05, 3.63) is 133 Å². The molecule has 10 aromatic rings. The van der Waals surface area contributed by atoms with Gasteiger partial charge in [0.1, 0.15) is 54.9 Å². The van der Waals surface area contributed by atoms with Crippen molar-refractivity contribution in [2.75, 3.05) is 0 Å². The molecule has 10 rings (SSSR count). The highest BCUT2D eigenvalue weighted by Crippen LogP contribution is 2.39. The molecule has 14 radical (unpaired) electrons. The van der Waals surface area contributed by atoms with E-state index in [0.29, 0.717) is 82.6 Å². The quantitative estimate of drug-likeness (QED) is 0.259. The fraction of sp³-hybridized carbons (Fsp3) is 0. The molecule has 0 unspecified atom stereocenters. The Morgan fingerprint density at radius 2 is 0.895 bits per heavy atom. The van der Waals surface area contributed by atoms with E-state index in [-0.39, 0.29) is 16.9 Å². The lowest BCUT2D eigenvalue weighted by atomic mass is 9.71. The van der Waals surface area contributed by atoms with Gasteiger partial charge in [-0.1, -0.05) is 154 Å². The van der Waals surface area contributed by atoms with Gasteiger partial charge in [-0.25, -0.2) is 4.98 Å². The van der Waals surface area contributed by atoms with Gasteiger partial charge in [0, 0.05) is 38.5 Å². The minimum absolute atomic E-state index is 0.259. The van der Waals surface area contributed by atoms with Gasteiger partial charge in [-0.15, -0.1) is 5.46 Å². The van der Waals surface area contributed by atoms with Crippen molar-refractivity contribution in [2.45, 2.75) is 0 Å². The number of para-hydroxylation sites is 1. The summed E-state index contributed by atoms with van der Waals surface area (Å²) in [4.78, 5) is 15.3. The zero-order valence-electron chi connectivity index (χ0n) is 30.5. The number of rotatable bonds is 5. The molecule has 248 valence electrons. The van der Waals surface area contributed by atoms with E-state index in [2.05, 4.69) is 24.3 Å². The minimum Gasteiger partial charge on any atom is -0.309 e. The Morgan fingerprint density at radius 1 is 0.368 bits per heavy atom. The average Bonchev–Trinajstić information content (AvgIpc) is 3.78. The monoisotopic (exact) mass is 709 g/mol. The van der Waals surface area contributed by atoms with E-state index < -0.39 is 0 Å². The van der Waals surface area contributed by atoms with Crippen molar-refractivity contribution in [2.24, 2.45) is 0 Å². The van der Waals surface area contributed by atoms with E-state index in [0.717, 1.165) is 27.9 Å². The summed E-state index contributed by atoms with van der Waals surface area (Å²) < 4.78 is 3.90. The van der Waals surface area contributed by atoms with Crippen LogP contribution in [0, 0.1) is 0 Å². The Bertz CT molecular complexity index is 3240. The smallest absolute Gasteiger partial charge is 0.238 e. The third-order valence-electron chi connectivity index (χ3n) is 10.6. The van der Waals surface area contributed by atoms with Gasteiger partial charge < -0.3 is 4.57 Å². The molecule has 0 amide bonds. The van der Waals surface area contributed by atoms with Crippen molar-refractivity contribution in [1.82, 2.24) is 24.1 Å². The summed E-state index contributed by atoms with van der Waals surface area (Å²) in [5, 5.41) is 2.57. The second-order valence-corrected chi connectivity index (χ2v) is 14.1. The average molecular weight is 708 g/mol. The molecule has 57 heavy (non-hydrogen) atoms. The number of fused-ring (bicyclic) bond motifs is 7. The second kappa shape index (κ2) is 13.4. The maximum atomic E-state index is 7.21. The summed E-state index contributed by atoms with van der Waals surface area (Å²) in [7, 11) is 47.9. The van der Waals surface area contributed by atoms with Crippen LogP contribution in [0.1, 0.15) is 0 Å². The van der Waals surface area contributed by atoms with Gasteiger partial charge in [-0.05, 0) is 28.6 Å². The molecule has 0 atom stereocenters. The molecule has 0 N–H and O–H groups in total. The van der Waals surface area contributed by atoms with Crippen LogP contribution in [0.3, 0.4) is 0 Å². The number of hydrogen-bond acceptors (Lipinski definition) is 3. The van der Waals surface area contributed by atoms with Crippen molar-refractivity contribution in [1.29, 1.82) is 0 Å². The Hall–Kier alpha value is -6.40. The van der Waals surface area contributed by atoms with Gasteiger partial charge in [0.2, 0.25) is 5.95 Å². The molecule has 0 fully saturated rings. The van der Waals surface area contributed by atoms with Crippen LogP contribution in [0.25, 0.3) is 89.2 Å². The van der Waals surface area contributed by atoms with Crippen molar-refractivity contribution in [3.8, 4) is 45.5 Å². The lowest BCUT2D eigenvalue weighted by Gasteiger charge is -2.15. The van der Waals surface area contributed by atoms with E-state index in [4.69, 9.17) is 69.9 Å². The predicted molar refractivity (Wildman–Crippen MR) is 243 cm³/mol. The lowest BCUT2D eigenvalue weighted by molar-refractivity contribution is 0.956. The number of aromatic nitrogens is 5. The zero-order chi connectivity index (χ0) is 39.1. The third-order valence-corrected chi connectivity index (χ3v) is 10.6. The highest BCUT2D eigenvalue weighted by atomic mass is 15.2. The molecule has 0 spiro atoms. The van der Waals surface area contributed by atoms with E-state index in [1.165, 1.54) is 0 Å². The van der Waals surface area contributed by atoms with Gasteiger partial charge in [0.05, 0.1) is 16.6 Å². The molecule has 0 aliphatic carbocycles. The minimum atomic E-state index is 0.259. The second-order valence-electron chi connectivity index (χ2n) is 14.1. The summed E-state index contributed by atoms with van der Waals surface area (Å²) in [5.74, 6) is 1.18. The van der Waals surface area contributed by atoms with Crippen molar-refractivity contribution in [3.63, 3.8) is 0 Å². The first-order valence-electron chi connectivity index (χ1n) is 18.2. The summed E-state index contributed by atoms with van der Waals surface area (Å²) >= 11 is 0. The molecular weight excluding hydrogens is 686 g/mol. The molecule has 0 saturated heterocycles.